The number of Topliss-reactive ketones (excluding diaryl/α,β-unsaturated/α-hetero) is 1. The summed E-state index contributed by atoms with van der Waals surface area (Å²) >= 11 is 0. The molecule has 2 aromatic carbocycles. The lowest BCUT2D eigenvalue weighted by Crippen LogP contribution is -2.48. The van der Waals surface area contributed by atoms with Crippen molar-refractivity contribution >= 4 is 23.6 Å². The fourth-order valence-corrected chi connectivity index (χ4v) is 5.29. The van der Waals surface area contributed by atoms with Gasteiger partial charge in [0.1, 0.15) is 6.04 Å². The number of fused-ring (bicyclic) bond motifs is 5. The monoisotopic (exact) mass is 429 g/mol. The number of nitrogens with zero attached hydrogens (tertiary/aromatic N) is 1. The van der Waals surface area contributed by atoms with Crippen molar-refractivity contribution in [2.24, 2.45) is 23.7 Å². The van der Waals surface area contributed by atoms with E-state index in [0.29, 0.717) is 5.56 Å². The first-order valence-electron chi connectivity index (χ1n) is 10.9. The standard InChI is InChI=1S/C26H23NO5/c28-21(17-9-5-2-6-10-17)15-32-26(31)20(13-16-7-3-1-4-8-16)27-24(29)22-18-11-12-19(14-18)23(22)25(27)30/h1-12,18-20,22-23H,13-15H2/t18-,19-,20-,22-,23-/m0/s1. The zero-order valence-electron chi connectivity index (χ0n) is 17.4. The largest absolute Gasteiger partial charge is 0.456 e. The molecule has 5 atom stereocenters. The lowest BCUT2D eigenvalue weighted by atomic mass is 9.85. The first-order chi connectivity index (χ1) is 15.5. The van der Waals surface area contributed by atoms with E-state index in [9.17, 15) is 19.2 Å². The van der Waals surface area contributed by atoms with Crippen molar-refractivity contribution in [2.75, 3.05) is 6.61 Å². The first-order valence-corrected chi connectivity index (χ1v) is 10.9. The van der Waals surface area contributed by atoms with Gasteiger partial charge in [0.25, 0.3) is 0 Å². The van der Waals surface area contributed by atoms with Gasteiger partial charge >= 0.3 is 5.97 Å². The van der Waals surface area contributed by atoms with Gasteiger partial charge in [-0.05, 0) is 23.8 Å². The van der Waals surface area contributed by atoms with E-state index in [0.717, 1.165) is 16.9 Å². The van der Waals surface area contributed by atoms with Crippen molar-refractivity contribution in [3.63, 3.8) is 0 Å². The Bertz CT molecular complexity index is 1060. The number of ether oxygens (including phenoxy) is 1. The van der Waals surface area contributed by atoms with Crippen LogP contribution in [0.5, 0.6) is 0 Å². The van der Waals surface area contributed by atoms with E-state index in [1.165, 1.54) is 0 Å². The van der Waals surface area contributed by atoms with Crippen LogP contribution in [-0.2, 0) is 25.5 Å². The molecule has 0 radical (unpaired) electrons. The number of hydrogen-bond donors (Lipinski definition) is 0. The van der Waals surface area contributed by atoms with E-state index in [2.05, 4.69) is 0 Å². The molecule has 1 saturated carbocycles. The van der Waals surface area contributed by atoms with Crippen LogP contribution in [-0.4, -0.2) is 41.1 Å². The van der Waals surface area contributed by atoms with E-state index < -0.39 is 30.5 Å². The minimum atomic E-state index is -1.09. The van der Waals surface area contributed by atoms with Gasteiger partial charge in [0.05, 0.1) is 11.8 Å². The molecule has 2 fully saturated rings. The highest BCUT2D eigenvalue weighted by Crippen LogP contribution is 2.53. The molecule has 6 heteroatoms. The molecule has 6 nitrogen and oxygen atoms in total. The number of carbonyl (C=O) groups is 4. The summed E-state index contributed by atoms with van der Waals surface area (Å²) in [5.74, 6) is -2.35. The number of amides is 2. The van der Waals surface area contributed by atoms with Crippen LogP contribution in [0, 0.1) is 23.7 Å². The highest BCUT2D eigenvalue weighted by Gasteiger charge is 2.61. The SMILES string of the molecule is O=C(COC(=O)[C@H](Cc1ccccc1)N1C(=O)[C@@H]2[C@@H](C1=O)[C@H]1C=C[C@H]2C1)c1ccccc1. The molecule has 5 rings (SSSR count). The van der Waals surface area contributed by atoms with E-state index in [1.54, 1.807) is 30.3 Å². The molecule has 162 valence electrons. The lowest BCUT2D eigenvalue weighted by Gasteiger charge is -2.26. The summed E-state index contributed by atoms with van der Waals surface area (Å²) in [5, 5.41) is 0. The van der Waals surface area contributed by atoms with E-state index in [1.807, 2.05) is 42.5 Å². The number of carbonyl (C=O) groups excluding carboxylic acids is 4. The number of likely N-dealkylation sites (tertiary alicyclic amines) is 1. The van der Waals surface area contributed by atoms with Gasteiger partial charge in [-0.1, -0.05) is 72.8 Å². The number of rotatable bonds is 7. The maximum Gasteiger partial charge on any atom is 0.330 e. The van der Waals surface area contributed by atoms with Gasteiger partial charge in [-0.15, -0.1) is 0 Å². The molecule has 0 N–H and O–H groups in total. The number of ketones is 1. The summed E-state index contributed by atoms with van der Waals surface area (Å²) in [6, 6.07) is 16.7. The second-order valence-electron chi connectivity index (χ2n) is 8.65. The summed E-state index contributed by atoms with van der Waals surface area (Å²) in [5.41, 5.74) is 1.24. The smallest absolute Gasteiger partial charge is 0.330 e. The Morgan fingerprint density at radius 2 is 1.44 bits per heavy atom. The van der Waals surface area contributed by atoms with E-state index in [4.69, 9.17) is 4.74 Å². The van der Waals surface area contributed by atoms with Gasteiger partial charge in [0.2, 0.25) is 11.8 Å². The molecule has 1 aliphatic heterocycles. The van der Waals surface area contributed by atoms with Crippen LogP contribution in [0.4, 0.5) is 0 Å². The maximum atomic E-state index is 13.3. The van der Waals surface area contributed by atoms with Crippen LogP contribution in [0.1, 0.15) is 22.3 Å². The molecule has 2 aliphatic carbocycles. The minimum absolute atomic E-state index is 0.0551. The highest BCUT2D eigenvalue weighted by molar-refractivity contribution is 6.09. The fraction of sp³-hybridized carbons (Fsp3) is 0.308. The second kappa shape index (κ2) is 8.19. The molecular weight excluding hydrogens is 406 g/mol. The summed E-state index contributed by atoms with van der Waals surface area (Å²) in [7, 11) is 0. The third-order valence-corrected chi connectivity index (χ3v) is 6.80. The van der Waals surface area contributed by atoms with Crippen LogP contribution < -0.4 is 0 Å². The molecule has 0 unspecified atom stereocenters. The molecule has 3 aliphatic rings. The number of benzene rings is 2. The number of allylic oxidation sites excluding steroid dienone is 2. The van der Waals surface area contributed by atoms with Gasteiger partial charge in [-0.2, -0.15) is 0 Å². The van der Waals surface area contributed by atoms with Crippen molar-refractivity contribution in [1.29, 1.82) is 0 Å². The first kappa shape index (κ1) is 20.4. The van der Waals surface area contributed by atoms with E-state index >= 15 is 0 Å². The average molecular weight is 429 g/mol. The van der Waals surface area contributed by atoms with Crippen LogP contribution in [0.25, 0.3) is 0 Å². The normalized spacial score (nSPS) is 26.3. The zero-order chi connectivity index (χ0) is 22.2. The molecule has 0 spiro atoms. The summed E-state index contributed by atoms with van der Waals surface area (Å²) in [4.78, 5) is 53.2. The maximum absolute atomic E-state index is 13.3. The summed E-state index contributed by atoms with van der Waals surface area (Å²) in [6.07, 6.45) is 5.01. The van der Waals surface area contributed by atoms with Crippen molar-refractivity contribution in [3.05, 3.63) is 83.9 Å². The van der Waals surface area contributed by atoms with Crippen molar-refractivity contribution in [1.82, 2.24) is 4.90 Å². The summed E-state index contributed by atoms with van der Waals surface area (Å²) in [6.45, 7) is -0.440. The zero-order valence-corrected chi connectivity index (χ0v) is 17.4. The topological polar surface area (TPSA) is 80.8 Å². The van der Waals surface area contributed by atoms with Gasteiger partial charge in [0, 0.05) is 12.0 Å². The van der Waals surface area contributed by atoms with Crippen LogP contribution in [0.2, 0.25) is 0 Å². The van der Waals surface area contributed by atoms with E-state index in [-0.39, 0.29) is 35.9 Å². The number of imide groups is 1. The molecule has 2 amide bonds. The Morgan fingerprint density at radius 3 is 2.03 bits per heavy atom. The van der Waals surface area contributed by atoms with Crippen LogP contribution >= 0.6 is 0 Å². The highest BCUT2D eigenvalue weighted by atomic mass is 16.5. The molecule has 32 heavy (non-hydrogen) atoms. The quantitative estimate of drug-likeness (QED) is 0.293. The Kier molecular flexibility index (Phi) is 5.21. The van der Waals surface area contributed by atoms with Crippen LogP contribution in [0.3, 0.4) is 0 Å². The predicted octanol–water partition coefficient (Wildman–Crippen LogP) is 2.83. The number of hydrogen-bond acceptors (Lipinski definition) is 5. The van der Waals surface area contributed by atoms with Gasteiger partial charge < -0.3 is 4.74 Å². The molecule has 1 saturated heterocycles. The van der Waals surface area contributed by atoms with Gasteiger partial charge in [-0.3, -0.25) is 19.3 Å². The van der Waals surface area contributed by atoms with Crippen molar-refractivity contribution < 1.29 is 23.9 Å². The van der Waals surface area contributed by atoms with Crippen molar-refractivity contribution in [3.8, 4) is 0 Å². The molecule has 2 bridgehead atoms. The third kappa shape index (κ3) is 3.45. The van der Waals surface area contributed by atoms with Crippen molar-refractivity contribution in [2.45, 2.75) is 18.9 Å². The predicted molar refractivity (Wildman–Crippen MR) is 115 cm³/mol. The van der Waals surface area contributed by atoms with Crippen LogP contribution in [0.15, 0.2) is 72.8 Å². The number of esters is 1. The summed E-state index contributed by atoms with van der Waals surface area (Å²) < 4.78 is 5.34. The van der Waals surface area contributed by atoms with Gasteiger partial charge in [0.15, 0.2) is 12.4 Å². The Hall–Kier alpha value is -3.54. The van der Waals surface area contributed by atoms with Gasteiger partial charge in [-0.25, -0.2) is 4.79 Å². The second-order valence-corrected chi connectivity index (χ2v) is 8.65. The fourth-order valence-electron chi connectivity index (χ4n) is 5.29. The molecular formula is C26H23NO5. The average Bonchev–Trinajstić information content (AvgIpc) is 3.51. The minimum Gasteiger partial charge on any atom is -0.456 e. The molecule has 1 heterocycles. The Labute approximate surface area is 185 Å². The third-order valence-electron chi connectivity index (χ3n) is 6.80. The Morgan fingerprint density at radius 1 is 0.875 bits per heavy atom. The molecule has 0 aromatic heterocycles. The lowest BCUT2D eigenvalue weighted by molar-refractivity contribution is -0.158. The Balaban J connectivity index is 1.37. The molecule has 2 aromatic rings.